The molecule has 2 aliphatic rings. The van der Waals surface area contributed by atoms with Crippen molar-refractivity contribution in [2.75, 3.05) is 53.0 Å². The van der Waals surface area contributed by atoms with Gasteiger partial charge in [0.15, 0.2) is 17.3 Å². The van der Waals surface area contributed by atoms with E-state index in [4.69, 9.17) is 18.6 Å². The van der Waals surface area contributed by atoms with Crippen LogP contribution < -0.4 is 19.5 Å². The first-order chi connectivity index (χ1) is 17.6. The Morgan fingerprint density at radius 1 is 1.03 bits per heavy atom. The molecule has 1 fully saturated rings. The van der Waals surface area contributed by atoms with Crippen molar-refractivity contribution < 1.29 is 23.4 Å². The maximum Gasteiger partial charge on any atom is 0.287 e. The van der Waals surface area contributed by atoms with Crippen molar-refractivity contribution in [3.63, 3.8) is 0 Å². The standard InChI is InChI=1S/C28H33N3O5/c1-30-12-14-31(15-13-30)19-23-8-10-26(35-23)28(32)29-18-24-20-34-25-9-7-22(17-27(25)36-24)33-16-11-21-5-3-2-4-6-21/h2-10,17,24H,11-16,18-20H2,1H3,(H,29,32)/t24-/m1/s1. The summed E-state index contributed by atoms with van der Waals surface area (Å²) in [5.41, 5.74) is 1.23. The molecule has 8 heteroatoms. The normalized spacial score (nSPS) is 18.1. The molecule has 1 saturated heterocycles. The molecule has 0 bridgehead atoms. The van der Waals surface area contributed by atoms with Crippen molar-refractivity contribution in [2.45, 2.75) is 19.1 Å². The second kappa shape index (κ2) is 11.5. The lowest BCUT2D eigenvalue weighted by Crippen LogP contribution is -2.43. The minimum absolute atomic E-state index is 0.257. The summed E-state index contributed by atoms with van der Waals surface area (Å²) < 4.78 is 23.6. The van der Waals surface area contributed by atoms with Gasteiger partial charge in [0.2, 0.25) is 0 Å². The smallest absolute Gasteiger partial charge is 0.287 e. The number of ether oxygens (including phenoxy) is 3. The lowest BCUT2D eigenvalue weighted by molar-refractivity contribution is 0.0767. The molecule has 1 amide bonds. The summed E-state index contributed by atoms with van der Waals surface area (Å²) in [4.78, 5) is 17.3. The zero-order valence-corrected chi connectivity index (χ0v) is 20.7. The van der Waals surface area contributed by atoms with Gasteiger partial charge in [0.1, 0.15) is 24.2 Å². The Balaban J connectivity index is 1.08. The second-order valence-corrected chi connectivity index (χ2v) is 9.30. The summed E-state index contributed by atoms with van der Waals surface area (Å²) in [5.74, 6) is 2.87. The van der Waals surface area contributed by atoms with Gasteiger partial charge in [-0.05, 0) is 36.9 Å². The van der Waals surface area contributed by atoms with E-state index in [1.165, 1.54) is 5.56 Å². The van der Waals surface area contributed by atoms with Gasteiger partial charge in [0.25, 0.3) is 5.91 Å². The number of carbonyl (C=O) groups excluding carboxylic acids is 1. The van der Waals surface area contributed by atoms with Crippen molar-refractivity contribution in [1.82, 2.24) is 15.1 Å². The molecule has 36 heavy (non-hydrogen) atoms. The molecule has 1 aromatic heterocycles. The number of fused-ring (bicyclic) bond motifs is 1. The Hall–Kier alpha value is -3.49. The molecule has 190 valence electrons. The number of hydrogen-bond acceptors (Lipinski definition) is 7. The third-order valence-corrected chi connectivity index (χ3v) is 6.49. The molecular formula is C28H33N3O5. The molecule has 2 aromatic carbocycles. The van der Waals surface area contributed by atoms with E-state index in [1.807, 2.05) is 42.5 Å². The number of benzene rings is 2. The zero-order chi connectivity index (χ0) is 24.7. The van der Waals surface area contributed by atoms with Gasteiger partial charge in [0.05, 0.1) is 19.7 Å². The van der Waals surface area contributed by atoms with E-state index in [0.29, 0.717) is 43.6 Å². The fraction of sp³-hybridized carbons (Fsp3) is 0.393. The predicted octanol–water partition coefficient (Wildman–Crippen LogP) is 3.22. The van der Waals surface area contributed by atoms with Crippen LogP contribution in [0.5, 0.6) is 17.2 Å². The van der Waals surface area contributed by atoms with Crippen molar-refractivity contribution in [3.05, 3.63) is 77.7 Å². The highest BCUT2D eigenvalue weighted by molar-refractivity contribution is 5.91. The van der Waals surface area contributed by atoms with E-state index in [9.17, 15) is 4.79 Å². The van der Waals surface area contributed by atoms with Gasteiger partial charge in [-0.2, -0.15) is 0 Å². The van der Waals surface area contributed by atoms with Crippen LogP contribution >= 0.6 is 0 Å². The van der Waals surface area contributed by atoms with Crippen LogP contribution in [-0.4, -0.2) is 74.8 Å². The van der Waals surface area contributed by atoms with Crippen LogP contribution in [0.2, 0.25) is 0 Å². The molecule has 8 nitrogen and oxygen atoms in total. The third kappa shape index (κ3) is 6.38. The van der Waals surface area contributed by atoms with Crippen LogP contribution in [0.15, 0.2) is 65.1 Å². The van der Waals surface area contributed by atoms with E-state index >= 15 is 0 Å². The first kappa shape index (κ1) is 24.2. The molecule has 1 atom stereocenters. The van der Waals surface area contributed by atoms with Crippen molar-refractivity contribution in [2.24, 2.45) is 0 Å². The SMILES string of the molecule is CN1CCN(Cc2ccc(C(=O)NC[C@@H]3COc4ccc(OCCc5ccccc5)cc4O3)o2)CC1. The maximum atomic E-state index is 12.6. The fourth-order valence-corrected chi connectivity index (χ4v) is 4.32. The van der Waals surface area contributed by atoms with E-state index in [1.54, 1.807) is 6.07 Å². The lowest BCUT2D eigenvalue weighted by Gasteiger charge is -2.31. The number of amides is 1. The van der Waals surface area contributed by atoms with E-state index < -0.39 is 0 Å². The average molecular weight is 492 g/mol. The number of rotatable bonds is 9. The van der Waals surface area contributed by atoms with Crippen molar-refractivity contribution in [1.29, 1.82) is 0 Å². The van der Waals surface area contributed by atoms with Gasteiger partial charge in [-0.3, -0.25) is 9.69 Å². The molecule has 5 rings (SSSR count). The highest BCUT2D eigenvalue weighted by atomic mass is 16.6. The number of carbonyl (C=O) groups is 1. The molecule has 0 saturated carbocycles. The van der Waals surface area contributed by atoms with Gasteiger partial charge < -0.3 is 28.8 Å². The number of furan rings is 1. The predicted molar refractivity (Wildman–Crippen MR) is 136 cm³/mol. The van der Waals surface area contributed by atoms with Crippen LogP contribution in [0.3, 0.4) is 0 Å². The van der Waals surface area contributed by atoms with Gasteiger partial charge in [-0.1, -0.05) is 30.3 Å². The number of piperazine rings is 1. The monoisotopic (exact) mass is 491 g/mol. The van der Waals surface area contributed by atoms with Crippen LogP contribution in [0, 0.1) is 0 Å². The van der Waals surface area contributed by atoms with Crippen LogP contribution in [0.1, 0.15) is 21.9 Å². The summed E-state index contributed by atoms with van der Waals surface area (Å²) in [5, 5.41) is 2.90. The molecule has 3 heterocycles. The van der Waals surface area contributed by atoms with Crippen molar-refractivity contribution in [3.8, 4) is 17.2 Å². The first-order valence-corrected chi connectivity index (χ1v) is 12.5. The Bertz CT molecular complexity index is 1140. The topological polar surface area (TPSA) is 76.4 Å². The minimum Gasteiger partial charge on any atom is -0.493 e. The first-order valence-electron chi connectivity index (χ1n) is 12.5. The third-order valence-electron chi connectivity index (χ3n) is 6.49. The quantitative estimate of drug-likeness (QED) is 0.493. The molecule has 0 spiro atoms. The molecule has 3 aromatic rings. The van der Waals surface area contributed by atoms with E-state index in [0.717, 1.165) is 44.1 Å². The molecular weight excluding hydrogens is 458 g/mol. The van der Waals surface area contributed by atoms with Gasteiger partial charge >= 0.3 is 0 Å². The largest absolute Gasteiger partial charge is 0.493 e. The number of nitrogens with one attached hydrogen (secondary N) is 1. The summed E-state index contributed by atoms with van der Waals surface area (Å²) >= 11 is 0. The van der Waals surface area contributed by atoms with E-state index in [2.05, 4.69) is 34.3 Å². The maximum absolute atomic E-state index is 12.6. The van der Waals surface area contributed by atoms with Gasteiger partial charge in [-0.25, -0.2) is 0 Å². The number of nitrogens with zero attached hydrogens (tertiary/aromatic N) is 2. The van der Waals surface area contributed by atoms with Gasteiger partial charge in [0, 0.05) is 38.7 Å². The molecule has 0 aliphatic carbocycles. The number of likely N-dealkylation sites (N-methyl/N-ethyl adjacent to an activating group) is 1. The Morgan fingerprint density at radius 3 is 2.69 bits per heavy atom. The Kier molecular flexibility index (Phi) is 7.73. The highest BCUT2D eigenvalue weighted by Crippen LogP contribution is 2.35. The fourth-order valence-electron chi connectivity index (χ4n) is 4.32. The molecule has 0 radical (unpaired) electrons. The second-order valence-electron chi connectivity index (χ2n) is 9.30. The summed E-state index contributed by atoms with van der Waals surface area (Å²) in [7, 11) is 2.13. The van der Waals surface area contributed by atoms with Crippen LogP contribution in [0.25, 0.3) is 0 Å². The summed E-state index contributed by atoms with van der Waals surface area (Å²) in [6.07, 6.45) is 0.522. The number of hydrogen-bond donors (Lipinski definition) is 1. The van der Waals surface area contributed by atoms with Crippen LogP contribution in [-0.2, 0) is 13.0 Å². The molecule has 0 unspecified atom stereocenters. The van der Waals surface area contributed by atoms with Crippen molar-refractivity contribution >= 4 is 5.91 Å². The van der Waals surface area contributed by atoms with Crippen LogP contribution in [0.4, 0.5) is 0 Å². The lowest BCUT2D eigenvalue weighted by atomic mass is 10.2. The summed E-state index contributed by atoms with van der Waals surface area (Å²) in [6.45, 7) is 6.04. The van der Waals surface area contributed by atoms with E-state index in [-0.39, 0.29) is 12.0 Å². The average Bonchev–Trinajstić information content (AvgIpc) is 3.37. The Labute approximate surface area is 211 Å². The zero-order valence-electron chi connectivity index (χ0n) is 20.7. The molecule has 1 N–H and O–H groups in total. The Morgan fingerprint density at radius 2 is 1.86 bits per heavy atom. The van der Waals surface area contributed by atoms with Gasteiger partial charge in [-0.15, -0.1) is 0 Å². The molecule has 2 aliphatic heterocycles. The minimum atomic E-state index is -0.305. The summed E-state index contributed by atoms with van der Waals surface area (Å²) in [6, 6.07) is 19.4. The highest BCUT2D eigenvalue weighted by Gasteiger charge is 2.23.